The molecule has 1 aromatic heterocycles. The smallest absolute Gasteiger partial charge is 0.242 e. The normalized spacial score (nSPS) is 10.2. The lowest BCUT2D eigenvalue weighted by molar-refractivity contribution is 0.295. The van der Waals surface area contributed by atoms with E-state index in [1.54, 1.807) is 6.07 Å². The highest BCUT2D eigenvalue weighted by Gasteiger charge is 2.08. The second kappa shape index (κ2) is 5.21. The van der Waals surface area contributed by atoms with Crippen molar-refractivity contribution in [3.63, 3.8) is 0 Å². The number of anilines is 1. The molecule has 0 aliphatic rings. The summed E-state index contributed by atoms with van der Waals surface area (Å²) in [6, 6.07) is 7.38. The third kappa shape index (κ3) is 2.78. The number of hydrogen-bond donors (Lipinski definition) is 1. The van der Waals surface area contributed by atoms with Crippen molar-refractivity contribution in [2.24, 2.45) is 0 Å². The predicted octanol–water partition coefficient (Wildman–Crippen LogP) is 2.94. The predicted molar refractivity (Wildman–Crippen MR) is 67.2 cm³/mol. The first kappa shape index (κ1) is 12.0. The highest BCUT2D eigenvalue weighted by molar-refractivity contribution is 6.32. The minimum Gasteiger partial charge on any atom is -0.471 e. The fourth-order valence-corrected chi connectivity index (χ4v) is 1.55. The van der Waals surface area contributed by atoms with Gasteiger partial charge in [-0.15, -0.1) is 0 Å². The molecule has 0 unspecified atom stereocenters. The fraction of sp³-hybridized carbons (Fsp3) is 0.0909. The summed E-state index contributed by atoms with van der Waals surface area (Å²) >= 11 is 11.7. The molecule has 1 heterocycles. The Morgan fingerprint density at radius 2 is 1.94 bits per heavy atom. The lowest BCUT2D eigenvalue weighted by atomic mass is 10.2. The fourth-order valence-electron chi connectivity index (χ4n) is 1.24. The molecule has 0 spiro atoms. The van der Waals surface area contributed by atoms with Gasteiger partial charge in [0.05, 0.1) is 0 Å². The maximum absolute atomic E-state index is 5.99. The van der Waals surface area contributed by atoms with Gasteiger partial charge in [-0.05, 0) is 6.07 Å². The van der Waals surface area contributed by atoms with Gasteiger partial charge in [-0.1, -0.05) is 41.4 Å². The second-order valence-corrected chi connectivity index (χ2v) is 4.03. The van der Waals surface area contributed by atoms with E-state index in [4.69, 9.17) is 33.7 Å². The largest absolute Gasteiger partial charge is 0.471 e. The lowest BCUT2D eigenvalue weighted by Gasteiger charge is -2.08. The molecule has 2 N–H and O–H groups in total. The molecule has 0 saturated carbocycles. The van der Waals surface area contributed by atoms with Crippen LogP contribution in [0.3, 0.4) is 0 Å². The van der Waals surface area contributed by atoms with E-state index in [0.717, 1.165) is 5.56 Å². The molecule has 0 amide bonds. The first-order valence-corrected chi connectivity index (χ1v) is 5.56. The summed E-state index contributed by atoms with van der Waals surface area (Å²) in [4.78, 5) is 7.63. The van der Waals surface area contributed by atoms with Crippen molar-refractivity contribution in [2.45, 2.75) is 6.61 Å². The van der Waals surface area contributed by atoms with Crippen molar-refractivity contribution in [2.75, 3.05) is 5.73 Å². The monoisotopic (exact) mass is 269 g/mol. The Morgan fingerprint density at radius 3 is 2.71 bits per heavy atom. The van der Waals surface area contributed by atoms with Crippen LogP contribution in [0.1, 0.15) is 5.56 Å². The number of hydrogen-bond acceptors (Lipinski definition) is 4. The second-order valence-electron chi connectivity index (χ2n) is 3.26. The van der Waals surface area contributed by atoms with E-state index in [9.17, 15) is 0 Å². The van der Waals surface area contributed by atoms with Crippen molar-refractivity contribution in [3.8, 4) is 5.88 Å². The van der Waals surface area contributed by atoms with Crippen LogP contribution in [0.2, 0.25) is 10.2 Å². The summed E-state index contributed by atoms with van der Waals surface area (Å²) in [5.74, 6) is 0.255. The van der Waals surface area contributed by atoms with Gasteiger partial charge in [0.2, 0.25) is 5.88 Å². The number of rotatable bonds is 3. The number of nitrogens with zero attached hydrogens (tertiary/aromatic N) is 2. The van der Waals surface area contributed by atoms with Gasteiger partial charge in [-0.3, -0.25) is 0 Å². The number of benzene rings is 1. The summed E-state index contributed by atoms with van der Waals surface area (Å²) in [6.45, 7) is 0.275. The van der Waals surface area contributed by atoms with Crippen LogP contribution in [0.25, 0.3) is 0 Å². The van der Waals surface area contributed by atoms with Crippen molar-refractivity contribution in [3.05, 3.63) is 46.3 Å². The third-order valence-corrected chi connectivity index (χ3v) is 2.79. The highest BCUT2D eigenvalue weighted by Crippen LogP contribution is 2.25. The molecule has 0 atom stereocenters. The minimum atomic E-state index is 0.175. The number of halogens is 2. The molecular weight excluding hydrogens is 261 g/mol. The van der Waals surface area contributed by atoms with Gasteiger partial charge in [-0.25, -0.2) is 4.98 Å². The van der Waals surface area contributed by atoms with Crippen LogP contribution in [0.5, 0.6) is 5.88 Å². The molecular formula is C11H9Cl2N3O. The van der Waals surface area contributed by atoms with Gasteiger partial charge in [0.15, 0.2) is 5.15 Å². The van der Waals surface area contributed by atoms with Crippen molar-refractivity contribution in [1.29, 1.82) is 0 Å². The van der Waals surface area contributed by atoms with E-state index in [-0.39, 0.29) is 23.3 Å². The minimum absolute atomic E-state index is 0.175. The Kier molecular flexibility index (Phi) is 3.66. The number of nitrogens with two attached hydrogens (primary N) is 1. The van der Waals surface area contributed by atoms with Crippen LogP contribution in [0.15, 0.2) is 30.6 Å². The van der Waals surface area contributed by atoms with Crippen molar-refractivity contribution < 1.29 is 4.74 Å². The Morgan fingerprint density at radius 1 is 1.18 bits per heavy atom. The maximum Gasteiger partial charge on any atom is 0.242 e. The lowest BCUT2D eigenvalue weighted by Crippen LogP contribution is -2.02. The summed E-state index contributed by atoms with van der Waals surface area (Å²) < 4.78 is 5.44. The van der Waals surface area contributed by atoms with Gasteiger partial charge in [-0.2, -0.15) is 4.98 Å². The van der Waals surface area contributed by atoms with Crippen LogP contribution in [-0.4, -0.2) is 9.97 Å². The first-order chi connectivity index (χ1) is 8.18. The van der Waals surface area contributed by atoms with E-state index in [2.05, 4.69) is 9.97 Å². The summed E-state index contributed by atoms with van der Waals surface area (Å²) in [5, 5.41) is 0.806. The first-order valence-electron chi connectivity index (χ1n) is 4.80. The molecule has 1 aromatic carbocycles. The zero-order valence-electron chi connectivity index (χ0n) is 8.73. The molecule has 0 saturated heterocycles. The quantitative estimate of drug-likeness (QED) is 0.871. The zero-order chi connectivity index (χ0) is 12.3. The zero-order valence-corrected chi connectivity index (χ0v) is 10.2. The van der Waals surface area contributed by atoms with Crippen LogP contribution in [0.4, 0.5) is 5.69 Å². The van der Waals surface area contributed by atoms with E-state index in [1.165, 1.54) is 6.33 Å². The van der Waals surface area contributed by atoms with Gasteiger partial charge in [0.1, 0.15) is 18.6 Å². The van der Waals surface area contributed by atoms with Gasteiger partial charge >= 0.3 is 0 Å². The van der Waals surface area contributed by atoms with Crippen LogP contribution >= 0.6 is 23.2 Å². The molecule has 0 aliphatic heterocycles. The molecule has 0 fully saturated rings. The Balaban J connectivity index is 2.13. The Hall–Kier alpha value is -1.52. The average molecular weight is 270 g/mol. The van der Waals surface area contributed by atoms with Crippen molar-refractivity contribution >= 4 is 28.9 Å². The molecule has 2 rings (SSSR count). The molecule has 88 valence electrons. The molecule has 4 nitrogen and oxygen atoms in total. The summed E-state index contributed by atoms with van der Waals surface area (Å²) in [7, 11) is 0. The van der Waals surface area contributed by atoms with Gasteiger partial charge in [0, 0.05) is 10.6 Å². The Labute approximate surface area is 108 Å². The number of nitrogen functional groups attached to an aromatic ring is 1. The molecule has 2 aromatic rings. The van der Waals surface area contributed by atoms with E-state index in [1.807, 2.05) is 18.2 Å². The van der Waals surface area contributed by atoms with Crippen LogP contribution in [0, 0.1) is 0 Å². The summed E-state index contributed by atoms with van der Waals surface area (Å²) in [5.41, 5.74) is 6.74. The SMILES string of the molecule is Nc1c(Cl)ncnc1OCc1ccccc1Cl. The molecule has 17 heavy (non-hydrogen) atoms. The number of aromatic nitrogens is 2. The van der Waals surface area contributed by atoms with Crippen LogP contribution in [-0.2, 0) is 6.61 Å². The topological polar surface area (TPSA) is 61.0 Å². The van der Waals surface area contributed by atoms with E-state index < -0.39 is 0 Å². The maximum atomic E-state index is 5.99. The molecule has 0 aliphatic carbocycles. The van der Waals surface area contributed by atoms with E-state index >= 15 is 0 Å². The number of ether oxygens (including phenoxy) is 1. The molecule has 0 radical (unpaired) electrons. The molecule has 6 heteroatoms. The van der Waals surface area contributed by atoms with Crippen molar-refractivity contribution in [1.82, 2.24) is 9.97 Å². The average Bonchev–Trinajstić information content (AvgIpc) is 2.33. The van der Waals surface area contributed by atoms with Gasteiger partial charge in [0.25, 0.3) is 0 Å². The molecule has 0 bridgehead atoms. The summed E-state index contributed by atoms with van der Waals surface area (Å²) in [6.07, 6.45) is 1.29. The standard InChI is InChI=1S/C11H9Cl2N3O/c12-8-4-2-1-3-7(8)5-17-11-9(14)10(13)15-6-16-11/h1-4,6H,5,14H2. The van der Waals surface area contributed by atoms with E-state index in [0.29, 0.717) is 5.02 Å². The Bertz CT molecular complexity index is 534. The van der Waals surface area contributed by atoms with Gasteiger partial charge < -0.3 is 10.5 Å². The highest BCUT2D eigenvalue weighted by atomic mass is 35.5. The third-order valence-electron chi connectivity index (χ3n) is 2.12. The van der Waals surface area contributed by atoms with Crippen LogP contribution < -0.4 is 10.5 Å².